The van der Waals surface area contributed by atoms with Crippen LogP contribution in [0.5, 0.6) is 0 Å². The fourth-order valence-electron chi connectivity index (χ4n) is 0.740. The van der Waals surface area contributed by atoms with Gasteiger partial charge in [0.25, 0.3) is 0 Å². The second-order valence-corrected chi connectivity index (χ2v) is 3.59. The number of ketones is 1. The highest BCUT2D eigenvalue weighted by molar-refractivity contribution is 8.13. The van der Waals surface area contributed by atoms with E-state index in [2.05, 4.69) is 0 Å². The van der Waals surface area contributed by atoms with E-state index in [4.69, 9.17) is 0 Å². The van der Waals surface area contributed by atoms with Gasteiger partial charge in [0.05, 0.1) is 6.42 Å². The molecule has 0 unspecified atom stereocenters. The van der Waals surface area contributed by atoms with Gasteiger partial charge in [-0.1, -0.05) is 25.6 Å². The minimum atomic E-state index is 0.00551. The first-order valence-corrected chi connectivity index (χ1v) is 4.86. The lowest BCUT2D eigenvalue weighted by atomic mass is 10.2. The highest BCUT2D eigenvalue weighted by Gasteiger charge is 2.07. The molecule has 0 saturated heterocycles. The van der Waals surface area contributed by atoms with Gasteiger partial charge in [-0.25, -0.2) is 0 Å². The lowest BCUT2D eigenvalue weighted by Gasteiger charge is -1.95. The van der Waals surface area contributed by atoms with Crippen molar-refractivity contribution in [2.75, 3.05) is 5.75 Å². The Morgan fingerprint density at radius 1 is 1.27 bits per heavy atom. The Labute approximate surface area is 71.7 Å². The van der Waals surface area contributed by atoms with Crippen molar-refractivity contribution in [1.82, 2.24) is 0 Å². The Hall–Kier alpha value is -0.310. The van der Waals surface area contributed by atoms with Crippen molar-refractivity contribution in [3.63, 3.8) is 0 Å². The molecule has 11 heavy (non-hydrogen) atoms. The van der Waals surface area contributed by atoms with Gasteiger partial charge in [-0.05, 0) is 12.2 Å². The van der Waals surface area contributed by atoms with Gasteiger partial charge < -0.3 is 0 Å². The molecule has 0 aromatic rings. The minimum absolute atomic E-state index is 0.00551. The molecule has 0 fully saturated rings. The van der Waals surface area contributed by atoms with Crippen molar-refractivity contribution < 1.29 is 9.59 Å². The summed E-state index contributed by atoms with van der Waals surface area (Å²) in [6.45, 7) is 3.85. The summed E-state index contributed by atoms with van der Waals surface area (Å²) >= 11 is 1.23. The third-order valence-electron chi connectivity index (χ3n) is 1.18. The summed E-state index contributed by atoms with van der Waals surface area (Å²) in [5.41, 5.74) is 0. The van der Waals surface area contributed by atoms with Gasteiger partial charge in [-0.2, -0.15) is 0 Å². The molecule has 0 saturated carbocycles. The Bertz CT molecular complexity index is 127. The minimum Gasteiger partial charge on any atom is -0.299 e. The van der Waals surface area contributed by atoms with Crippen LogP contribution in [0.2, 0.25) is 0 Å². The molecule has 0 amide bonds. The average molecular weight is 174 g/mol. The van der Waals surface area contributed by atoms with Crippen LogP contribution in [0.15, 0.2) is 0 Å². The number of thioether (sulfide) groups is 1. The smallest absolute Gasteiger partial charge is 0.196 e. The molecular weight excluding hydrogens is 160 g/mol. The predicted molar refractivity (Wildman–Crippen MR) is 47.7 cm³/mol. The molecule has 0 aliphatic carbocycles. The standard InChI is InChI=1S/C8H14O2S/c1-3-5-7(9)6-8(10)11-4-2/h3-6H2,1-2H3. The van der Waals surface area contributed by atoms with Gasteiger partial charge in [-0.3, -0.25) is 9.59 Å². The van der Waals surface area contributed by atoms with Crippen molar-refractivity contribution in [1.29, 1.82) is 0 Å². The number of carbonyl (C=O) groups is 2. The molecule has 0 spiro atoms. The Morgan fingerprint density at radius 2 is 1.91 bits per heavy atom. The van der Waals surface area contributed by atoms with Crippen molar-refractivity contribution in [2.24, 2.45) is 0 Å². The normalized spacial score (nSPS) is 9.64. The third-order valence-corrected chi connectivity index (χ3v) is 1.93. The zero-order valence-electron chi connectivity index (χ0n) is 7.05. The first-order chi connectivity index (χ1) is 5.20. The molecule has 0 aliphatic rings. The van der Waals surface area contributed by atoms with Gasteiger partial charge in [0, 0.05) is 6.42 Å². The van der Waals surface area contributed by atoms with E-state index in [1.807, 2.05) is 13.8 Å². The van der Waals surface area contributed by atoms with Crippen LogP contribution in [0, 0.1) is 0 Å². The van der Waals surface area contributed by atoms with Crippen LogP contribution < -0.4 is 0 Å². The molecular formula is C8H14O2S. The maximum absolute atomic E-state index is 10.9. The quantitative estimate of drug-likeness (QED) is 0.598. The Balaban J connectivity index is 3.49. The van der Waals surface area contributed by atoms with E-state index in [1.165, 1.54) is 11.8 Å². The van der Waals surface area contributed by atoms with Gasteiger partial charge >= 0.3 is 0 Å². The zero-order chi connectivity index (χ0) is 8.69. The van der Waals surface area contributed by atoms with Gasteiger partial charge in [0.2, 0.25) is 0 Å². The molecule has 0 heterocycles. The van der Waals surface area contributed by atoms with Crippen LogP contribution in [0.4, 0.5) is 0 Å². The van der Waals surface area contributed by atoms with Crippen LogP contribution in [-0.2, 0) is 9.59 Å². The van der Waals surface area contributed by atoms with Crippen molar-refractivity contribution in [3.05, 3.63) is 0 Å². The molecule has 64 valence electrons. The number of carbonyl (C=O) groups excluding carboxylic acids is 2. The molecule has 3 heteroatoms. The molecule has 0 aliphatic heterocycles. The molecule has 0 rings (SSSR count). The van der Waals surface area contributed by atoms with Crippen molar-refractivity contribution >= 4 is 22.7 Å². The highest BCUT2D eigenvalue weighted by atomic mass is 32.2. The number of rotatable bonds is 5. The first kappa shape index (κ1) is 10.7. The molecule has 0 atom stereocenters. The second-order valence-electron chi connectivity index (χ2n) is 2.27. The SMILES string of the molecule is CCCC(=O)CC(=O)SCC. The molecule has 0 N–H and O–H groups in total. The van der Waals surface area contributed by atoms with Crippen molar-refractivity contribution in [3.8, 4) is 0 Å². The number of hydrogen-bond acceptors (Lipinski definition) is 3. The third kappa shape index (κ3) is 6.10. The Morgan fingerprint density at radius 3 is 2.36 bits per heavy atom. The van der Waals surface area contributed by atoms with E-state index in [0.29, 0.717) is 6.42 Å². The summed E-state index contributed by atoms with van der Waals surface area (Å²) in [5.74, 6) is 0.830. The van der Waals surface area contributed by atoms with E-state index >= 15 is 0 Å². The summed E-state index contributed by atoms with van der Waals surface area (Å²) in [5, 5.41) is 0.00551. The molecule has 0 radical (unpaired) electrons. The largest absolute Gasteiger partial charge is 0.299 e. The maximum Gasteiger partial charge on any atom is 0.196 e. The van der Waals surface area contributed by atoms with Crippen molar-refractivity contribution in [2.45, 2.75) is 33.1 Å². The lowest BCUT2D eigenvalue weighted by molar-refractivity contribution is -0.123. The van der Waals surface area contributed by atoms with Gasteiger partial charge in [-0.15, -0.1) is 0 Å². The van der Waals surface area contributed by atoms with Crippen LogP contribution in [-0.4, -0.2) is 16.7 Å². The number of hydrogen-bond donors (Lipinski definition) is 0. The van der Waals surface area contributed by atoms with Crippen LogP contribution in [0.1, 0.15) is 33.1 Å². The van der Waals surface area contributed by atoms with E-state index in [-0.39, 0.29) is 17.3 Å². The first-order valence-electron chi connectivity index (χ1n) is 3.88. The fourth-order valence-corrected chi connectivity index (χ4v) is 1.33. The summed E-state index contributed by atoms with van der Waals surface area (Å²) in [6, 6.07) is 0. The molecule has 0 aromatic carbocycles. The molecule has 0 aromatic heterocycles. The van der Waals surface area contributed by atoms with E-state index < -0.39 is 0 Å². The Kier molecular flexibility index (Phi) is 6.22. The fraction of sp³-hybridized carbons (Fsp3) is 0.750. The average Bonchev–Trinajstić information content (AvgIpc) is 1.87. The zero-order valence-corrected chi connectivity index (χ0v) is 7.87. The highest BCUT2D eigenvalue weighted by Crippen LogP contribution is 2.06. The van der Waals surface area contributed by atoms with Crippen LogP contribution in [0.25, 0.3) is 0 Å². The van der Waals surface area contributed by atoms with Gasteiger partial charge in [0.1, 0.15) is 5.78 Å². The predicted octanol–water partition coefficient (Wildman–Crippen LogP) is 2.03. The molecule has 0 bridgehead atoms. The number of Topliss-reactive ketones (excluding diaryl/α,β-unsaturated/α-hetero) is 1. The summed E-state index contributed by atoms with van der Waals surface area (Å²) in [4.78, 5) is 21.8. The van der Waals surface area contributed by atoms with Crippen LogP contribution >= 0.6 is 11.8 Å². The van der Waals surface area contributed by atoms with E-state index in [1.54, 1.807) is 0 Å². The second kappa shape index (κ2) is 6.40. The monoisotopic (exact) mass is 174 g/mol. The topological polar surface area (TPSA) is 34.1 Å². The summed E-state index contributed by atoms with van der Waals surface area (Å²) < 4.78 is 0. The lowest BCUT2D eigenvalue weighted by Crippen LogP contribution is -2.03. The van der Waals surface area contributed by atoms with Gasteiger partial charge in [0.15, 0.2) is 5.12 Å². The molecule has 2 nitrogen and oxygen atoms in total. The summed E-state index contributed by atoms with van der Waals surface area (Å²) in [6.07, 6.45) is 1.49. The van der Waals surface area contributed by atoms with E-state index in [9.17, 15) is 9.59 Å². The summed E-state index contributed by atoms with van der Waals surface area (Å²) in [7, 11) is 0. The van der Waals surface area contributed by atoms with E-state index in [0.717, 1.165) is 12.2 Å². The van der Waals surface area contributed by atoms with Crippen LogP contribution in [0.3, 0.4) is 0 Å². The maximum atomic E-state index is 10.9.